The molecule has 0 radical (unpaired) electrons. The summed E-state index contributed by atoms with van der Waals surface area (Å²) in [5.74, 6) is -1.74. The molecule has 1 saturated heterocycles. The van der Waals surface area contributed by atoms with Gasteiger partial charge in [0.2, 0.25) is 0 Å². The van der Waals surface area contributed by atoms with Gasteiger partial charge in [-0.2, -0.15) is 0 Å². The van der Waals surface area contributed by atoms with Crippen LogP contribution in [0.1, 0.15) is 23.7 Å². The molecule has 1 aliphatic heterocycles. The number of anilines is 1. The Morgan fingerprint density at radius 2 is 2.16 bits per heavy atom. The molecule has 1 aromatic rings. The fourth-order valence-electron chi connectivity index (χ4n) is 2.61. The smallest absolute Gasteiger partial charge is 0.308 e. The summed E-state index contributed by atoms with van der Waals surface area (Å²) in [5.41, 5.74) is 6.51. The molecule has 6 heteroatoms. The summed E-state index contributed by atoms with van der Waals surface area (Å²) in [6.07, 6.45) is 0.571. The van der Waals surface area contributed by atoms with Crippen LogP contribution in [0.3, 0.4) is 0 Å². The second-order valence-corrected chi connectivity index (χ2v) is 5.52. The van der Waals surface area contributed by atoms with Crippen LogP contribution in [-0.2, 0) is 4.79 Å². The van der Waals surface area contributed by atoms with E-state index in [1.54, 1.807) is 12.1 Å². The fourth-order valence-corrected chi connectivity index (χ4v) is 3.16. The van der Waals surface area contributed by atoms with Crippen LogP contribution in [-0.4, -0.2) is 29.6 Å². The number of hydrogen-bond acceptors (Lipinski definition) is 3. The topological polar surface area (TPSA) is 83.6 Å². The number of carbonyl (C=O) groups excluding carboxylic acids is 1. The molecule has 2 unspecified atom stereocenters. The minimum Gasteiger partial charge on any atom is -0.481 e. The van der Waals surface area contributed by atoms with E-state index in [0.29, 0.717) is 28.7 Å². The molecule has 1 amide bonds. The molecule has 0 aromatic heterocycles. The monoisotopic (exact) mass is 326 g/mol. The van der Waals surface area contributed by atoms with Crippen LogP contribution in [0.25, 0.3) is 0 Å². The van der Waals surface area contributed by atoms with Gasteiger partial charge in [-0.15, -0.1) is 0 Å². The largest absolute Gasteiger partial charge is 0.481 e. The Balaban J connectivity index is 2.41. The third-order valence-electron chi connectivity index (χ3n) is 3.62. The lowest BCUT2D eigenvalue weighted by Gasteiger charge is -2.27. The first-order chi connectivity index (χ1) is 8.93. The number of benzene rings is 1. The number of carbonyl (C=O) groups is 2. The summed E-state index contributed by atoms with van der Waals surface area (Å²) in [6, 6.07) is 5.20. The predicted octanol–water partition coefficient (Wildman–Crippen LogP) is 1.85. The van der Waals surface area contributed by atoms with E-state index in [1.807, 2.05) is 17.9 Å². The average molecular weight is 327 g/mol. The summed E-state index contributed by atoms with van der Waals surface area (Å²) < 4.78 is 0.628. The predicted molar refractivity (Wildman–Crippen MR) is 75.2 cm³/mol. The quantitative estimate of drug-likeness (QED) is 0.887. The molecule has 5 nitrogen and oxygen atoms in total. The number of hydrogen-bond donors (Lipinski definition) is 2. The van der Waals surface area contributed by atoms with Crippen LogP contribution in [0.5, 0.6) is 0 Å². The zero-order valence-electron chi connectivity index (χ0n) is 10.5. The minimum absolute atomic E-state index is 0.162. The number of aliphatic carboxylic acids is 1. The van der Waals surface area contributed by atoms with Gasteiger partial charge in [0.25, 0.3) is 5.91 Å². The van der Waals surface area contributed by atoms with Gasteiger partial charge in [0, 0.05) is 17.1 Å². The number of primary amides is 1. The molecular weight excluding hydrogens is 312 g/mol. The molecule has 1 fully saturated rings. The zero-order valence-corrected chi connectivity index (χ0v) is 12.1. The Labute approximate surface area is 119 Å². The van der Waals surface area contributed by atoms with E-state index in [0.717, 1.165) is 0 Å². The van der Waals surface area contributed by atoms with E-state index >= 15 is 0 Å². The average Bonchev–Trinajstić information content (AvgIpc) is 2.70. The minimum atomic E-state index is -0.800. The van der Waals surface area contributed by atoms with Crippen molar-refractivity contribution in [3.8, 4) is 0 Å². The molecule has 0 aliphatic carbocycles. The number of nitrogens with two attached hydrogens (primary N) is 1. The first kappa shape index (κ1) is 13.9. The van der Waals surface area contributed by atoms with Gasteiger partial charge < -0.3 is 15.7 Å². The van der Waals surface area contributed by atoms with E-state index in [1.165, 1.54) is 0 Å². The van der Waals surface area contributed by atoms with Crippen LogP contribution >= 0.6 is 15.9 Å². The highest BCUT2D eigenvalue weighted by Crippen LogP contribution is 2.34. The van der Waals surface area contributed by atoms with Crippen molar-refractivity contribution in [2.24, 2.45) is 11.7 Å². The van der Waals surface area contributed by atoms with E-state index in [2.05, 4.69) is 15.9 Å². The molecule has 19 heavy (non-hydrogen) atoms. The second-order valence-electron chi connectivity index (χ2n) is 4.67. The first-order valence-electron chi connectivity index (χ1n) is 6.01. The number of carboxylic acids is 1. The highest BCUT2D eigenvalue weighted by atomic mass is 79.9. The Morgan fingerprint density at radius 3 is 2.68 bits per heavy atom. The van der Waals surface area contributed by atoms with Gasteiger partial charge in [0.15, 0.2) is 0 Å². The summed E-state index contributed by atoms with van der Waals surface area (Å²) in [5, 5.41) is 9.15. The van der Waals surface area contributed by atoms with Crippen LogP contribution in [0.2, 0.25) is 0 Å². The molecule has 102 valence electrons. The SMILES string of the molecule is CC1C(C(=O)O)CCN1c1cccc(Br)c1C(N)=O. The standard InChI is InChI=1S/C13H15BrN2O3/c1-7-8(13(18)19)5-6-16(7)10-4-2-3-9(14)11(10)12(15)17/h2-4,7-8H,5-6H2,1H3,(H2,15,17)(H,18,19). The number of rotatable bonds is 3. The van der Waals surface area contributed by atoms with E-state index in [4.69, 9.17) is 10.8 Å². The van der Waals surface area contributed by atoms with Crippen molar-refractivity contribution in [3.05, 3.63) is 28.2 Å². The Kier molecular flexibility index (Phi) is 3.80. The number of carboxylic acid groups (broad SMARTS) is 1. The van der Waals surface area contributed by atoms with Crippen molar-refractivity contribution in [1.82, 2.24) is 0 Å². The van der Waals surface area contributed by atoms with E-state index < -0.39 is 17.8 Å². The third kappa shape index (κ3) is 2.45. The molecule has 1 aliphatic rings. The maximum atomic E-state index is 11.6. The molecule has 0 saturated carbocycles. The van der Waals surface area contributed by atoms with E-state index in [9.17, 15) is 9.59 Å². The van der Waals surface area contributed by atoms with Crippen LogP contribution in [0.4, 0.5) is 5.69 Å². The number of nitrogens with zero attached hydrogens (tertiary/aromatic N) is 1. The Morgan fingerprint density at radius 1 is 1.47 bits per heavy atom. The molecular formula is C13H15BrN2O3. The number of amides is 1. The Bertz CT molecular complexity index is 533. The highest BCUT2D eigenvalue weighted by molar-refractivity contribution is 9.10. The van der Waals surface area contributed by atoms with Gasteiger partial charge in [-0.05, 0) is 41.4 Å². The third-order valence-corrected chi connectivity index (χ3v) is 4.28. The summed E-state index contributed by atoms with van der Waals surface area (Å²) in [6.45, 7) is 2.46. The lowest BCUT2D eigenvalue weighted by atomic mass is 10.0. The normalized spacial score (nSPS) is 22.5. The van der Waals surface area contributed by atoms with Gasteiger partial charge in [-0.25, -0.2) is 0 Å². The number of halogens is 1. The summed E-state index contributed by atoms with van der Waals surface area (Å²) >= 11 is 3.31. The van der Waals surface area contributed by atoms with Crippen molar-refractivity contribution in [1.29, 1.82) is 0 Å². The lowest BCUT2D eigenvalue weighted by molar-refractivity contribution is -0.141. The van der Waals surface area contributed by atoms with E-state index in [-0.39, 0.29) is 6.04 Å². The van der Waals surface area contributed by atoms with Gasteiger partial charge in [0.05, 0.1) is 17.2 Å². The van der Waals surface area contributed by atoms with Crippen LogP contribution in [0, 0.1) is 5.92 Å². The highest BCUT2D eigenvalue weighted by Gasteiger charge is 2.37. The maximum Gasteiger partial charge on any atom is 0.308 e. The lowest BCUT2D eigenvalue weighted by Crippen LogP contribution is -2.34. The fraction of sp³-hybridized carbons (Fsp3) is 0.385. The molecule has 1 heterocycles. The van der Waals surface area contributed by atoms with Crippen molar-refractivity contribution in [3.63, 3.8) is 0 Å². The van der Waals surface area contributed by atoms with Gasteiger partial charge in [0.1, 0.15) is 0 Å². The maximum absolute atomic E-state index is 11.6. The summed E-state index contributed by atoms with van der Waals surface area (Å²) in [4.78, 5) is 24.7. The second kappa shape index (κ2) is 5.21. The zero-order chi connectivity index (χ0) is 14.2. The molecule has 2 rings (SSSR count). The van der Waals surface area contributed by atoms with Crippen LogP contribution in [0.15, 0.2) is 22.7 Å². The van der Waals surface area contributed by atoms with Gasteiger partial charge >= 0.3 is 5.97 Å². The van der Waals surface area contributed by atoms with Crippen molar-refractivity contribution in [2.45, 2.75) is 19.4 Å². The molecule has 0 spiro atoms. The Hall–Kier alpha value is -1.56. The molecule has 3 N–H and O–H groups in total. The molecule has 1 aromatic carbocycles. The van der Waals surface area contributed by atoms with Gasteiger partial charge in [-0.3, -0.25) is 9.59 Å². The first-order valence-corrected chi connectivity index (χ1v) is 6.80. The van der Waals surface area contributed by atoms with Crippen molar-refractivity contribution >= 4 is 33.5 Å². The van der Waals surface area contributed by atoms with Crippen LogP contribution < -0.4 is 10.6 Å². The van der Waals surface area contributed by atoms with Crippen molar-refractivity contribution in [2.75, 3.05) is 11.4 Å². The summed E-state index contributed by atoms with van der Waals surface area (Å²) in [7, 11) is 0. The molecule has 2 atom stereocenters. The molecule has 0 bridgehead atoms. The van der Waals surface area contributed by atoms with Gasteiger partial charge in [-0.1, -0.05) is 6.07 Å². The van der Waals surface area contributed by atoms with Crippen molar-refractivity contribution < 1.29 is 14.7 Å².